The zero-order valence-electron chi connectivity index (χ0n) is 21.2. The smallest absolute Gasteiger partial charge is 0.333 e. The van der Waals surface area contributed by atoms with Gasteiger partial charge >= 0.3 is 11.9 Å². The average molecular weight is 526 g/mol. The molecule has 2 aliphatic heterocycles. The van der Waals surface area contributed by atoms with Crippen molar-refractivity contribution in [3.05, 3.63) is 12.1 Å². The highest BCUT2D eigenvalue weighted by Gasteiger charge is 2.24. The first-order valence-corrected chi connectivity index (χ1v) is 12.8. The Balaban J connectivity index is 1.70. The monoisotopic (exact) mass is 525 g/mol. The van der Waals surface area contributed by atoms with E-state index in [4.69, 9.17) is 9.57 Å². The maximum Gasteiger partial charge on any atom is 0.333 e. The first kappa shape index (κ1) is 28.7. The molecule has 3 heterocycles. The minimum Gasteiger partial charge on any atom is -0.492 e. The van der Waals surface area contributed by atoms with E-state index in [0.717, 1.165) is 58.7 Å². The van der Waals surface area contributed by atoms with Crippen LogP contribution < -0.4 is 4.84 Å². The third kappa shape index (κ3) is 9.84. The third-order valence-electron chi connectivity index (χ3n) is 6.83. The summed E-state index contributed by atoms with van der Waals surface area (Å²) in [5, 5.41) is 28.8. The number of carboxylic acids is 1. The Morgan fingerprint density at radius 1 is 0.892 bits per heavy atom. The lowest BCUT2D eigenvalue weighted by atomic mass is 10.0. The van der Waals surface area contributed by atoms with Crippen LogP contribution in [0.2, 0.25) is 0 Å². The number of carbonyl (C=O) groups is 3. The van der Waals surface area contributed by atoms with Gasteiger partial charge in [-0.05, 0) is 38.3 Å². The Hall–Kier alpha value is -2.87. The average Bonchev–Trinajstić information content (AvgIpc) is 3.14. The van der Waals surface area contributed by atoms with Crippen LogP contribution >= 0.6 is 0 Å². The minimum atomic E-state index is -0.832. The van der Waals surface area contributed by atoms with Gasteiger partial charge in [-0.15, -0.1) is 4.73 Å². The fourth-order valence-corrected chi connectivity index (χ4v) is 4.96. The molecule has 2 aliphatic rings. The molecule has 2 saturated heterocycles. The number of aromatic nitrogens is 1. The lowest BCUT2D eigenvalue weighted by Gasteiger charge is -2.31. The van der Waals surface area contributed by atoms with Crippen LogP contribution in [0.4, 0.5) is 0 Å². The SMILES string of the molecule is O=COCN1CCCN2CCN(CC(=O)O)CCCN(CC1)CC(CCC(=O)On1c(O)ccc1O)C2. The Labute approximate surface area is 216 Å². The van der Waals surface area contributed by atoms with Crippen molar-refractivity contribution in [3.8, 4) is 11.8 Å². The summed E-state index contributed by atoms with van der Waals surface area (Å²) in [7, 11) is 0. The summed E-state index contributed by atoms with van der Waals surface area (Å²) in [5.41, 5.74) is 0. The maximum atomic E-state index is 12.5. The predicted molar refractivity (Wildman–Crippen MR) is 132 cm³/mol. The lowest BCUT2D eigenvalue weighted by Crippen LogP contribution is -2.41. The Morgan fingerprint density at radius 2 is 1.49 bits per heavy atom. The van der Waals surface area contributed by atoms with Gasteiger partial charge in [0, 0.05) is 70.9 Å². The van der Waals surface area contributed by atoms with Crippen LogP contribution in [0.1, 0.15) is 25.7 Å². The number of aromatic hydroxyl groups is 2. The maximum absolute atomic E-state index is 12.5. The van der Waals surface area contributed by atoms with Crippen LogP contribution in [-0.2, 0) is 19.1 Å². The van der Waals surface area contributed by atoms with Gasteiger partial charge in [-0.2, -0.15) is 0 Å². The summed E-state index contributed by atoms with van der Waals surface area (Å²) in [6.07, 6.45) is 2.36. The van der Waals surface area contributed by atoms with E-state index in [1.807, 2.05) is 4.90 Å². The van der Waals surface area contributed by atoms with Gasteiger partial charge in [0.2, 0.25) is 11.8 Å². The summed E-state index contributed by atoms with van der Waals surface area (Å²) >= 11 is 0. The quantitative estimate of drug-likeness (QED) is 0.356. The van der Waals surface area contributed by atoms with E-state index in [2.05, 4.69) is 14.7 Å². The largest absolute Gasteiger partial charge is 0.492 e. The molecule has 0 amide bonds. The molecule has 3 N–H and O–H groups in total. The van der Waals surface area contributed by atoms with Crippen molar-refractivity contribution in [2.24, 2.45) is 5.92 Å². The molecule has 0 saturated carbocycles. The second kappa shape index (κ2) is 14.8. The molecule has 0 aliphatic carbocycles. The van der Waals surface area contributed by atoms with Crippen molar-refractivity contribution in [2.75, 3.05) is 78.7 Å². The van der Waals surface area contributed by atoms with Gasteiger partial charge in [0.15, 0.2) is 0 Å². The summed E-state index contributed by atoms with van der Waals surface area (Å²) in [5.74, 6) is -1.94. The standard InChI is InChI=1S/C24H39N5O8/c30-19-36-18-28-10-2-8-25-11-12-27(17-23(33)34)9-1-7-26(13-14-28)16-20(15-25)3-6-24(35)37-29-21(31)4-5-22(29)32/h4-5,19-20,31-32H,1-3,6-18H2,(H,33,34). The summed E-state index contributed by atoms with van der Waals surface area (Å²) < 4.78 is 5.71. The van der Waals surface area contributed by atoms with E-state index < -0.39 is 11.9 Å². The van der Waals surface area contributed by atoms with Crippen molar-refractivity contribution in [1.29, 1.82) is 0 Å². The molecule has 0 aromatic carbocycles. The third-order valence-corrected chi connectivity index (χ3v) is 6.83. The topological polar surface area (TPSA) is 148 Å². The summed E-state index contributed by atoms with van der Waals surface area (Å²) in [4.78, 5) is 48.5. The van der Waals surface area contributed by atoms with Crippen LogP contribution in [0, 0.1) is 5.92 Å². The van der Waals surface area contributed by atoms with Gasteiger partial charge in [-0.25, -0.2) is 4.79 Å². The van der Waals surface area contributed by atoms with Gasteiger partial charge in [-0.1, -0.05) is 0 Å². The first-order chi connectivity index (χ1) is 17.8. The number of carbonyl (C=O) groups excluding carboxylic acids is 2. The van der Waals surface area contributed by atoms with Crippen LogP contribution in [0.5, 0.6) is 11.8 Å². The van der Waals surface area contributed by atoms with E-state index >= 15 is 0 Å². The molecule has 2 bridgehead atoms. The number of nitrogens with zero attached hydrogens (tertiary/aromatic N) is 5. The molecule has 3 atom stereocenters. The van der Waals surface area contributed by atoms with Crippen LogP contribution in [-0.4, -0.2) is 137 Å². The number of rotatable bonds is 9. The van der Waals surface area contributed by atoms with Gasteiger partial charge in [0.25, 0.3) is 6.47 Å². The summed E-state index contributed by atoms with van der Waals surface area (Å²) in [6.45, 7) is 8.11. The molecule has 208 valence electrons. The fraction of sp³-hybridized carbons (Fsp3) is 0.708. The highest BCUT2D eigenvalue weighted by atomic mass is 16.7. The van der Waals surface area contributed by atoms with Crippen molar-refractivity contribution < 1.29 is 39.3 Å². The highest BCUT2D eigenvalue weighted by Crippen LogP contribution is 2.20. The summed E-state index contributed by atoms with van der Waals surface area (Å²) in [6, 6.07) is 2.47. The lowest BCUT2D eigenvalue weighted by molar-refractivity contribution is -0.146. The molecule has 2 fully saturated rings. The minimum absolute atomic E-state index is 0.0129. The fourth-order valence-electron chi connectivity index (χ4n) is 4.96. The molecule has 3 rings (SSSR count). The highest BCUT2D eigenvalue weighted by molar-refractivity contribution is 5.70. The van der Waals surface area contributed by atoms with E-state index in [9.17, 15) is 29.7 Å². The van der Waals surface area contributed by atoms with E-state index in [-0.39, 0.29) is 37.4 Å². The van der Waals surface area contributed by atoms with Crippen LogP contribution in [0.3, 0.4) is 0 Å². The first-order valence-electron chi connectivity index (χ1n) is 12.8. The Morgan fingerprint density at radius 3 is 2.08 bits per heavy atom. The predicted octanol–water partition coefficient (Wildman–Crippen LogP) is -0.519. The number of hydrogen-bond donors (Lipinski definition) is 3. The molecule has 1 aromatic heterocycles. The number of ether oxygens (including phenoxy) is 1. The molecule has 0 spiro atoms. The second-order valence-corrected chi connectivity index (χ2v) is 9.70. The second-order valence-electron chi connectivity index (χ2n) is 9.70. The number of carboxylic acid groups (broad SMARTS) is 1. The molecule has 37 heavy (non-hydrogen) atoms. The van der Waals surface area contributed by atoms with Crippen LogP contribution in [0.15, 0.2) is 12.1 Å². The normalized spacial score (nSPS) is 24.6. The molecule has 13 heteroatoms. The molecule has 13 nitrogen and oxygen atoms in total. The van der Waals surface area contributed by atoms with Crippen molar-refractivity contribution >= 4 is 18.4 Å². The molecular formula is C24H39N5O8. The van der Waals surface area contributed by atoms with Crippen molar-refractivity contribution in [1.82, 2.24) is 24.3 Å². The van der Waals surface area contributed by atoms with Gasteiger partial charge in [0.1, 0.15) is 6.73 Å². The molecular weight excluding hydrogens is 486 g/mol. The van der Waals surface area contributed by atoms with Crippen molar-refractivity contribution in [3.63, 3.8) is 0 Å². The van der Waals surface area contributed by atoms with Crippen molar-refractivity contribution in [2.45, 2.75) is 25.7 Å². The molecule has 1 aromatic rings. The molecule has 0 radical (unpaired) electrons. The van der Waals surface area contributed by atoms with Gasteiger partial charge in [0.05, 0.1) is 6.54 Å². The van der Waals surface area contributed by atoms with Crippen LogP contribution in [0.25, 0.3) is 0 Å². The Bertz CT molecular complexity index is 862. The number of fused-ring (bicyclic) bond motifs is 4. The number of aliphatic carboxylic acids is 1. The van der Waals surface area contributed by atoms with E-state index in [1.54, 1.807) is 0 Å². The van der Waals surface area contributed by atoms with E-state index in [0.29, 0.717) is 37.3 Å². The van der Waals surface area contributed by atoms with Gasteiger partial charge in [-0.3, -0.25) is 19.4 Å². The van der Waals surface area contributed by atoms with E-state index in [1.165, 1.54) is 12.1 Å². The molecule has 3 unspecified atom stereocenters. The number of hydrogen-bond acceptors (Lipinski definition) is 11. The zero-order valence-corrected chi connectivity index (χ0v) is 21.2. The van der Waals surface area contributed by atoms with Gasteiger partial charge < -0.3 is 34.7 Å². The Kier molecular flexibility index (Phi) is 11.5. The zero-order chi connectivity index (χ0) is 26.6.